The normalized spacial score (nSPS) is 42.2. The van der Waals surface area contributed by atoms with Gasteiger partial charge in [0, 0.05) is 24.7 Å². The summed E-state index contributed by atoms with van der Waals surface area (Å²) in [5.74, 6) is 0.801. The van der Waals surface area contributed by atoms with Crippen LogP contribution in [0.1, 0.15) is 39.5 Å². The molecule has 3 atom stereocenters. The highest BCUT2D eigenvalue weighted by Gasteiger charge is 2.34. The van der Waals surface area contributed by atoms with Gasteiger partial charge in [0.2, 0.25) is 0 Å². The first-order valence-corrected chi connectivity index (χ1v) is 6.70. The van der Waals surface area contributed by atoms with Crippen LogP contribution in [0.5, 0.6) is 0 Å². The molecule has 0 spiro atoms. The maximum atomic E-state index is 6.56. The molecule has 1 aliphatic carbocycles. The quantitative estimate of drug-likeness (QED) is 0.777. The van der Waals surface area contributed by atoms with Gasteiger partial charge in [-0.3, -0.25) is 4.90 Å². The molecule has 3 heteroatoms. The smallest absolute Gasteiger partial charge is 0.0619 e. The average molecular weight is 226 g/mol. The molecule has 1 saturated heterocycles. The molecule has 2 aliphatic rings. The number of hydrogen-bond donors (Lipinski definition) is 1. The van der Waals surface area contributed by atoms with Crippen LogP contribution in [-0.4, -0.2) is 42.8 Å². The second-order valence-electron chi connectivity index (χ2n) is 5.96. The number of nitrogens with two attached hydrogens (primary N) is 1. The summed E-state index contributed by atoms with van der Waals surface area (Å²) in [7, 11) is 0. The van der Waals surface area contributed by atoms with E-state index in [9.17, 15) is 0 Å². The van der Waals surface area contributed by atoms with Gasteiger partial charge in [0.1, 0.15) is 0 Å². The predicted molar refractivity (Wildman–Crippen MR) is 66.4 cm³/mol. The Kier molecular flexibility index (Phi) is 3.88. The monoisotopic (exact) mass is 226 g/mol. The van der Waals surface area contributed by atoms with Crippen LogP contribution in [0.3, 0.4) is 0 Å². The van der Waals surface area contributed by atoms with Gasteiger partial charge in [-0.15, -0.1) is 0 Å². The van der Waals surface area contributed by atoms with Crippen molar-refractivity contribution < 1.29 is 4.74 Å². The Morgan fingerprint density at radius 2 is 2.25 bits per heavy atom. The fourth-order valence-electron chi connectivity index (χ4n) is 3.25. The van der Waals surface area contributed by atoms with E-state index in [1.165, 1.54) is 25.7 Å². The molecular weight excluding hydrogens is 200 g/mol. The van der Waals surface area contributed by atoms with Gasteiger partial charge in [0.15, 0.2) is 0 Å². The van der Waals surface area contributed by atoms with Crippen molar-refractivity contribution in [3.05, 3.63) is 0 Å². The third-order valence-electron chi connectivity index (χ3n) is 4.15. The van der Waals surface area contributed by atoms with Gasteiger partial charge in [0.05, 0.1) is 13.2 Å². The zero-order chi connectivity index (χ0) is 11.6. The molecule has 0 bridgehead atoms. The van der Waals surface area contributed by atoms with E-state index in [0.717, 1.165) is 32.2 Å². The largest absolute Gasteiger partial charge is 0.379 e. The van der Waals surface area contributed by atoms with E-state index in [1.54, 1.807) is 0 Å². The van der Waals surface area contributed by atoms with E-state index in [0.29, 0.717) is 6.04 Å². The second-order valence-corrected chi connectivity index (χ2v) is 5.96. The number of rotatable bonds is 2. The van der Waals surface area contributed by atoms with Crippen molar-refractivity contribution in [1.82, 2.24) is 4.90 Å². The summed E-state index contributed by atoms with van der Waals surface area (Å²) in [6.45, 7) is 8.43. The van der Waals surface area contributed by atoms with Gasteiger partial charge < -0.3 is 10.5 Å². The number of ether oxygens (including phenoxy) is 1. The maximum Gasteiger partial charge on any atom is 0.0619 e. The molecule has 94 valence electrons. The molecule has 2 fully saturated rings. The minimum Gasteiger partial charge on any atom is -0.379 e. The Morgan fingerprint density at radius 3 is 2.94 bits per heavy atom. The lowest BCUT2D eigenvalue weighted by atomic mass is 9.76. The van der Waals surface area contributed by atoms with Crippen molar-refractivity contribution in [3.8, 4) is 0 Å². The summed E-state index contributed by atoms with van der Waals surface area (Å²) < 4.78 is 5.47. The molecule has 1 saturated carbocycles. The molecular formula is C13H26N2O. The summed E-state index contributed by atoms with van der Waals surface area (Å²) in [5, 5.41) is 0. The molecule has 1 aliphatic heterocycles. The van der Waals surface area contributed by atoms with Crippen molar-refractivity contribution in [2.75, 3.05) is 26.3 Å². The summed E-state index contributed by atoms with van der Waals surface area (Å²) >= 11 is 0. The summed E-state index contributed by atoms with van der Waals surface area (Å²) in [6.07, 6.45) is 5.05. The van der Waals surface area contributed by atoms with Crippen LogP contribution >= 0.6 is 0 Å². The Hall–Kier alpha value is -0.120. The SMILES string of the molecule is CC1CCCC(N)(CN2CCOCC2C)C1. The predicted octanol–water partition coefficient (Wildman–Crippen LogP) is 1.61. The molecule has 3 nitrogen and oxygen atoms in total. The van der Waals surface area contributed by atoms with Crippen LogP contribution in [0, 0.1) is 5.92 Å². The third-order valence-corrected chi connectivity index (χ3v) is 4.15. The number of morpholine rings is 1. The topological polar surface area (TPSA) is 38.5 Å². The van der Waals surface area contributed by atoms with Crippen molar-refractivity contribution in [3.63, 3.8) is 0 Å². The zero-order valence-corrected chi connectivity index (χ0v) is 10.7. The minimum atomic E-state index is 0.0588. The lowest BCUT2D eigenvalue weighted by molar-refractivity contribution is -0.0151. The molecule has 2 rings (SSSR count). The van der Waals surface area contributed by atoms with Crippen LogP contribution < -0.4 is 5.73 Å². The van der Waals surface area contributed by atoms with Gasteiger partial charge in [-0.05, 0) is 25.7 Å². The standard InChI is InChI=1S/C13H26N2O/c1-11-4-3-5-13(14,8-11)10-15-6-7-16-9-12(15)2/h11-12H,3-10,14H2,1-2H3. The Bertz CT molecular complexity index is 234. The fourth-order valence-corrected chi connectivity index (χ4v) is 3.25. The van der Waals surface area contributed by atoms with E-state index in [2.05, 4.69) is 18.7 Å². The van der Waals surface area contributed by atoms with Gasteiger partial charge in [-0.25, -0.2) is 0 Å². The van der Waals surface area contributed by atoms with E-state index in [4.69, 9.17) is 10.5 Å². The summed E-state index contributed by atoms with van der Waals surface area (Å²) in [4.78, 5) is 2.52. The first kappa shape index (κ1) is 12.3. The lowest BCUT2D eigenvalue weighted by Gasteiger charge is -2.43. The Labute approximate surface area is 99.3 Å². The van der Waals surface area contributed by atoms with Crippen molar-refractivity contribution in [2.45, 2.75) is 51.1 Å². The average Bonchev–Trinajstić information content (AvgIpc) is 2.21. The van der Waals surface area contributed by atoms with E-state index in [1.807, 2.05) is 0 Å². The van der Waals surface area contributed by atoms with Crippen LogP contribution in [0.4, 0.5) is 0 Å². The van der Waals surface area contributed by atoms with Crippen molar-refractivity contribution in [1.29, 1.82) is 0 Å². The van der Waals surface area contributed by atoms with Crippen LogP contribution in [0.2, 0.25) is 0 Å². The second kappa shape index (κ2) is 5.03. The molecule has 0 radical (unpaired) electrons. The highest BCUT2D eigenvalue weighted by Crippen LogP contribution is 2.31. The Balaban J connectivity index is 1.91. The summed E-state index contributed by atoms with van der Waals surface area (Å²) in [6, 6.07) is 0.534. The molecule has 3 unspecified atom stereocenters. The van der Waals surface area contributed by atoms with E-state index in [-0.39, 0.29) is 5.54 Å². The van der Waals surface area contributed by atoms with Crippen LogP contribution in [-0.2, 0) is 4.74 Å². The summed E-state index contributed by atoms with van der Waals surface area (Å²) in [5.41, 5.74) is 6.62. The van der Waals surface area contributed by atoms with Gasteiger partial charge >= 0.3 is 0 Å². The van der Waals surface area contributed by atoms with Crippen LogP contribution in [0.15, 0.2) is 0 Å². The maximum absolute atomic E-state index is 6.56. The third kappa shape index (κ3) is 2.96. The highest BCUT2D eigenvalue weighted by atomic mass is 16.5. The molecule has 2 N–H and O–H groups in total. The lowest BCUT2D eigenvalue weighted by Crippen LogP contribution is -2.57. The molecule has 0 aromatic rings. The fraction of sp³-hybridized carbons (Fsp3) is 1.00. The first-order valence-electron chi connectivity index (χ1n) is 6.70. The van der Waals surface area contributed by atoms with Gasteiger partial charge in [-0.1, -0.05) is 19.8 Å². The molecule has 0 aromatic heterocycles. The molecule has 1 heterocycles. The van der Waals surface area contributed by atoms with E-state index >= 15 is 0 Å². The number of hydrogen-bond acceptors (Lipinski definition) is 3. The molecule has 16 heavy (non-hydrogen) atoms. The highest BCUT2D eigenvalue weighted by molar-refractivity contribution is 4.93. The van der Waals surface area contributed by atoms with Crippen molar-refractivity contribution in [2.24, 2.45) is 11.7 Å². The zero-order valence-electron chi connectivity index (χ0n) is 10.7. The van der Waals surface area contributed by atoms with Gasteiger partial charge in [-0.2, -0.15) is 0 Å². The molecule has 0 amide bonds. The first-order chi connectivity index (χ1) is 7.59. The van der Waals surface area contributed by atoms with Crippen molar-refractivity contribution >= 4 is 0 Å². The Morgan fingerprint density at radius 1 is 1.44 bits per heavy atom. The minimum absolute atomic E-state index is 0.0588. The number of nitrogens with zero attached hydrogens (tertiary/aromatic N) is 1. The van der Waals surface area contributed by atoms with E-state index < -0.39 is 0 Å². The van der Waals surface area contributed by atoms with Crippen LogP contribution in [0.25, 0.3) is 0 Å². The van der Waals surface area contributed by atoms with Gasteiger partial charge in [0.25, 0.3) is 0 Å². The molecule has 0 aromatic carbocycles.